The van der Waals surface area contributed by atoms with E-state index in [1.165, 1.54) is 0 Å². The van der Waals surface area contributed by atoms with Crippen LogP contribution in [0.3, 0.4) is 0 Å². The summed E-state index contributed by atoms with van der Waals surface area (Å²) in [5.74, 6) is 0.0259. The molecule has 1 heterocycles. The molecule has 0 saturated heterocycles. The molecule has 0 fully saturated rings. The van der Waals surface area contributed by atoms with Crippen molar-refractivity contribution in [3.05, 3.63) is 30.0 Å². The van der Waals surface area contributed by atoms with Crippen LogP contribution < -0.4 is 11.1 Å². The smallest absolute Gasteiger partial charge is 0.287 e. The predicted molar refractivity (Wildman–Crippen MR) is 73.9 cm³/mol. The highest BCUT2D eigenvalue weighted by molar-refractivity contribution is 5.96. The summed E-state index contributed by atoms with van der Waals surface area (Å²) >= 11 is 0. The first-order valence-electron chi connectivity index (χ1n) is 6.31. The summed E-state index contributed by atoms with van der Waals surface area (Å²) in [5.41, 5.74) is 6.95. The summed E-state index contributed by atoms with van der Waals surface area (Å²) in [5, 5.41) is 12.7. The van der Waals surface area contributed by atoms with E-state index in [9.17, 15) is 4.79 Å². The molecule has 4 N–H and O–H groups in total. The quantitative estimate of drug-likeness (QED) is 0.567. The normalized spacial score (nSPS) is 12.5. The molecule has 5 nitrogen and oxygen atoms in total. The number of hydrogen-bond donors (Lipinski definition) is 3. The van der Waals surface area contributed by atoms with Crippen LogP contribution in [0, 0.1) is 0 Å². The first kappa shape index (κ1) is 13.4. The molecule has 1 amide bonds. The van der Waals surface area contributed by atoms with Crippen LogP contribution in [0.15, 0.2) is 28.7 Å². The fourth-order valence-corrected chi connectivity index (χ4v) is 1.86. The molecule has 0 aliphatic heterocycles. The number of amides is 1. The number of hydrogen-bond acceptors (Lipinski definition) is 4. The lowest BCUT2D eigenvalue weighted by atomic mass is 10.2. The lowest BCUT2D eigenvalue weighted by molar-refractivity contribution is 0.0924. The first-order valence-corrected chi connectivity index (χ1v) is 6.31. The minimum absolute atomic E-state index is 0.250. The van der Waals surface area contributed by atoms with Gasteiger partial charge in [-0.15, -0.1) is 0 Å². The molecule has 0 aliphatic carbocycles. The van der Waals surface area contributed by atoms with Crippen molar-refractivity contribution < 1.29 is 14.3 Å². The van der Waals surface area contributed by atoms with Crippen LogP contribution >= 0.6 is 0 Å². The van der Waals surface area contributed by atoms with Gasteiger partial charge >= 0.3 is 0 Å². The molecule has 0 spiro atoms. The number of furan rings is 1. The monoisotopic (exact) mass is 262 g/mol. The Hall–Kier alpha value is -2.01. The maximum atomic E-state index is 11.8. The Balaban J connectivity index is 1.97. The molecule has 0 aliphatic rings. The minimum atomic E-state index is -0.342. The molecule has 102 valence electrons. The van der Waals surface area contributed by atoms with Crippen molar-refractivity contribution in [2.75, 3.05) is 12.3 Å². The zero-order chi connectivity index (χ0) is 13.8. The molecule has 0 radical (unpaired) electrons. The maximum Gasteiger partial charge on any atom is 0.287 e. The Morgan fingerprint density at radius 2 is 2.26 bits per heavy atom. The first-order chi connectivity index (χ1) is 9.06. The highest BCUT2D eigenvalue weighted by Gasteiger charge is 2.11. The average Bonchev–Trinajstić information content (AvgIpc) is 2.77. The van der Waals surface area contributed by atoms with Gasteiger partial charge in [-0.2, -0.15) is 0 Å². The fourth-order valence-electron chi connectivity index (χ4n) is 1.86. The number of nitrogen functional groups attached to an aromatic ring is 1. The minimum Gasteiger partial charge on any atom is -0.451 e. The Morgan fingerprint density at radius 3 is 3.00 bits per heavy atom. The Bertz CT molecular complexity index is 575. The predicted octanol–water partition coefficient (Wildman–Crippen LogP) is 1.91. The molecule has 5 heteroatoms. The van der Waals surface area contributed by atoms with E-state index in [2.05, 4.69) is 5.32 Å². The standard InChI is InChI=1S/C14H18N2O3/c1-9(17)3-2-6-16-14(18)13-8-10-7-11(15)4-5-12(10)19-13/h4-5,7-9,17H,2-3,6,15H2,1H3,(H,16,18). The Kier molecular flexibility index (Phi) is 4.06. The van der Waals surface area contributed by atoms with Gasteiger partial charge in [0.25, 0.3) is 5.91 Å². The van der Waals surface area contributed by atoms with Crippen molar-refractivity contribution in [2.24, 2.45) is 0 Å². The number of fused-ring (bicyclic) bond motifs is 1. The van der Waals surface area contributed by atoms with Gasteiger partial charge < -0.3 is 20.6 Å². The number of anilines is 1. The van der Waals surface area contributed by atoms with Crippen LogP contribution in [0.25, 0.3) is 11.0 Å². The van der Waals surface area contributed by atoms with Crippen molar-refractivity contribution in [1.29, 1.82) is 0 Å². The molecule has 0 saturated carbocycles. The highest BCUT2D eigenvalue weighted by Crippen LogP contribution is 2.21. The lowest BCUT2D eigenvalue weighted by Gasteiger charge is -2.04. The number of rotatable bonds is 5. The Labute approximate surface area is 111 Å². The van der Waals surface area contributed by atoms with E-state index in [0.29, 0.717) is 24.2 Å². The molecule has 1 aromatic carbocycles. The number of carbonyl (C=O) groups excluding carboxylic acids is 1. The maximum absolute atomic E-state index is 11.8. The van der Waals surface area contributed by atoms with E-state index in [-0.39, 0.29) is 17.8 Å². The molecule has 2 rings (SSSR count). The van der Waals surface area contributed by atoms with Gasteiger partial charge in [-0.25, -0.2) is 0 Å². The van der Waals surface area contributed by atoms with Crippen LogP contribution in [0.2, 0.25) is 0 Å². The number of nitrogens with two attached hydrogens (primary N) is 1. The molecule has 1 aromatic heterocycles. The van der Waals surface area contributed by atoms with Crippen LogP contribution in [0.4, 0.5) is 5.69 Å². The van der Waals surface area contributed by atoms with Crippen molar-refractivity contribution >= 4 is 22.6 Å². The molecule has 19 heavy (non-hydrogen) atoms. The molecule has 1 unspecified atom stereocenters. The fraction of sp³-hybridized carbons (Fsp3) is 0.357. The summed E-state index contributed by atoms with van der Waals surface area (Å²) in [6.07, 6.45) is 1.05. The van der Waals surface area contributed by atoms with Crippen LogP contribution in [0.5, 0.6) is 0 Å². The second-order valence-corrected chi connectivity index (χ2v) is 4.66. The number of aliphatic hydroxyl groups is 1. The van der Waals surface area contributed by atoms with E-state index in [0.717, 1.165) is 11.8 Å². The van der Waals surface area contributed by atoms with E-state index in [4.69, 9.17) is 15.3 Å². The van der Waals surface area contributed by atoms with Crippen LogP contribution in [0.1, 0.15) is 30.3 Å². The van der Waals surface area contributed by atoms with E-state index < -0.39 is 0 Å². The van der Waals surface area contributed by atoms with Gasteiger partial charge in [0.2, 0.25) is 0 Å². The molecule has 0 bridgehead atoms. The largest absolute Gasteiger partial charge is 0.451 e. The van der Waals surface area contributed by atoms with Gasteiger partial charge in [-0.3, -0.25) is 4.79 Å². The van der Waals surface area contributed by atoms with Gasteiger partial charge in [0.1, 0.15) is 5.58 Å². The Morgan fingerprint density at radius 1 is 1.47 bits per heavy atom. The number of nitrogens with one attached hydrogen (secondary N) is 1. The van der Waals surface area contributed by atoms with Crippen molar-refractivity contribution in [3.8, 4) is 0 Å². The van der Waals surface area contributed by atoms with Crippen molar-refractivity contribution in [3.63, 3.8) is 0 Å². The third-order valence-electron chi connectivity index (χ3n) is 2.85. The molecule has 1 atom stereocenters. The summed E-state index contributed by atoms with van der Waals surface area (Å²) in [7, 11) is 0. The number of benzene rings is 1. The lowest BCUT2D eigenvalue weighted by Crippen LogP contribution is -2.24. The zero-order valence-electron chi connectivity index (χ0n) is 10.8. The molecular weight excluding hydrogens is 244 g/mol. The molecule has 2 aromatic rings. The number of aliphatic hydroxyl groups excluding tert-OH is 1. The third kappa shape index (κ3) is 3.48. The van der Waals surface area contributed by atoms with E-state index >= 15 is 0 Å². The summed E-state index contributed by atoms with van der Waals surface area (Å²) in [6, 6.07) is 6.92. The second-order valence-electron chi connectivity index (χ2n) is 4.66. The van der Waals surface area contributed by atoms with Gasteiger partial charge in [0.05, 0.1) is 6.10 Å². The van der Waals surface area contributed by atoms with Crippen molar-refractivity contribution in [1.82, 2.24) is 5.32 Å². The summed E-state index contributed by atoms with van der Waals surface area (Å²) in [4.78, 5) is 11.8. The van der Waals surface area contributed by atoms with Gasteiger partial charge in [-0.1, -0.05) is 0 Å². The highest BCUT2D eigenvalue weighted by atomic mass is 16.3. The van der Waals surface area contributed by atoms with Gasteiger partial charge in [0.15, 0.2) is 5.76 Å². The van der Waals surface area contributed by atoms with E-state index in [1.807, 2.05) is 0 Å². The molecular formula is C14H18N2O3. The summed E-state index contributed by atoms with van der Waals surface area (Å²) in [6.45, 7) is 2.24. The number of carbonyl (C=O) groups is 1. The third-order valence-corrected chi connectivity index (χ3v) is 2.85. The SMILES string of the molecule is CC(O)CCCNC(=O)c1cc2cc(N)ccc2o1. The van der Waals surface area contributed by atoms with Crippen molar-refractivity contribution in [2.45, 2.75) is 25.9 Å². The average molecular weight is 262 g/mol. The zero-order valence-corrected chi connectivity index (χ0v) is 10.8. The topological polar surface area (TPSA) is 88.5 Å². The van der Waals surface area contributed by atoms with Gasteiger partial charge in [0, 0.05) is 17.6 Å². The van der Waals surface area contributed by atoms with Crippen LogP contribution in [-0.2, 0) is 0 Å². The summed E-state index contributed by atoms with van der Waals surface area (Å²) < 4.78 is 5.45. The van der Waals surface area contributed by atoms with Crippen LogP contribution in [-0.4, -0.2) is 23.7 Å². The van der Waals surface area contributed by atoms with Gasteiger partial charge in [-0.05, 0) is 44.0 Å². The second kappa shape index (κ2) is 5.75. The van der Waals surface area contributed by atoms with E-state index in [1.54, 1.807) is 31.2 Å².